The Morgan fingerprint density at radius 2 is 1.75 bits per heavy atom. The predicted octanol–water partition coefficient (Wildman–Crippen LogP) is 4.26. The number of rotatable bonds is 6. The van der Waals surface area contributed by atoms with Crippen molar-refractivity contribution in [3.63, 3.8) is 0 Å². The highest BCUT2D eigenvalue weighted by molar-refractivity contribution is 7.99. The Kier molecular flexibility index (Phi) is 5.44. The van der Waals surface area contributed by atoms with Crippen LogP contribution in [0.2, 0.25) is 0 Å². The Hall–Kier alpha value is -3.45. The van der Waals surface area contributed by atoms with E-state index >= 15 is 0 Å². The second kappa shape index (κ2) is 8.49. The molecule has 6 nitrogen and oxygen atoms in total. The summed E-state index contributed by atoms with van der Waals surface area (Å²) in [7, 11) is 0. The highest BCUT2D eigenvalue weighted by Crippen LogP contribution is 2.28. The number of carbonyl (C=O) groups excluding carboxylic acids is 1. The number of benzene rings is 2. The zero-order valence-corrected chi connectivity index (χ0v) is 15.7. The molecular formula is C21H17N5OS. The minimum Gasteiger partial charge on any atom is -0.325 e. The number of nitrogens with one attached hydrogen (secondary N) is 2. The Morgan fingerprint density at radius 1 is 0.964 bits per heavy atom. The lowest BCUT2D eigenvalue weighted by atomic mass is 10.0. The lowest BCUT2D eigenvalue weighted by Gasteiger charge is -2.10. The molecule has 0 aliphatic heterocycles. The van der Waals surface area contributed by atoms with Gasteiger partial charge in [0.1, 0.15) is 0 Å². The Labute approximate surface area is 166 Å². The number of aromatic amines is 1. The first-order valence-electron chi connectivity index (χ1n) is 8.69. The number of thioether (sulfide) groups is 1. The molecule has 2 aromatic carbocycles. The molecule has 7 heteroatoms. The van der Waals surface area contributed by atoms with E-state index in [4.69, 9.17) is 0 Å². The van der Waals surface area contributed by atoms with Crippen molar-refractivity contribution in [3.05, 3.63) is 79.1 Å². The molecule has 0 fully saturated rings. The van der Waals surface area contributed by atoms with Crippen LogP contribution >= 0.6 is 11.8 Å². The minimum absolute atomic E-state index is 0.110. The fourth-order valence-corrected chi connectivity index (χ4v) is 3.32. The van der Waals surface area contributed by atoms with Gasteiger partial charge in [-0.15, -0.1) is 5.10 Å². The molecule has 0 unspecified atom stereocenters. The van der Waals surface area contributed by atoms with Crippen LogP contribution in [-0.4, -0.2) is 31.8 Å². The van der Waals surface area contributed by atoms with E-state index in [1.54, 1.807) is 12.4 Å². The topological polar surface area (TPSA) is 83.6 Å². The zero-order valence-electron chi connectivity index (χ0n) is 14.9. The first kappa shape index (κ1) is 17.9. The SMILES string of the molecule is O=C(CSc1n[nH]c(-c2cccnc2)n1)Nc1ccccc1-c1ccccc1. The van der Waals surface area contributed by atoms with Crippen LogP contribution in [0.3, 0.4) is 0 Å². The van der Waals surface area contributed by atoms with Crippen molar-refractivity contribution < 1.29 is 4.79 Å². The maximum Gasteiger partial charge on any atom is 0.234 e. The van der Waals surface area contributed by atoms with Gasteiger partial charge in [0.2, 0.25) is 11.1 Å². The molecule has 0 aliphatic rings. The molecule has 138 valence electrons. The largest absolute Gasteiger partial charge is 0.325 e. The Bertz CT molecular complexity index is 1070. The van der Waals surface area contributed by atoms with Crippen molar-refractivity contribution in [2.75, 3.05) is 11.1 Å². The van der Waals surface area contributed by atoms with Crippen LogP contribution in [0.5, 0.6) is 0 Å². The number of hydrogen-bond acceptors (Lipinski definition) is 5. The number of para-hydroxylation sites is 1. The van der Waals surface area contributed by atoms with Crippen molar-refractivity contribution in [1.29, 1.82) is 0 Å². The average molecular weight is 387 g/mol. The van der Waals surface area contributed by atoms with Crippen molar-refractivity contribution in [2.24, 2.45) is 0 Å². The summed E-state index contributed by atoms with van der Waals surface area (Å²) in [6, 6.07) is 21.5. The number of nitrogens with zero attached hydrogens (tertiary/aromatic N) is 3. The molecule has 0 spiro atoms. The van der Waals surface area contributed by atoms with E-state index in [0.717, 1.165) is 22.4 Å². The maximum absolute atomic E-state index is 12.4. The normalized spacial score (nSPS) is 10.6. The van der Waals surface area contributed by atoms with Crippen LogP contribution in [0.25, 0.3) is 22.5 Å². The molecule has 0 radical (unpaired) electrons. The number of hydrogen-bond donors (Lipinski definition) is 2. The maximum atomic E-state index is 12.4. The lowest BCUT2D eigenvalue weighted by Crippen LogP contribution is -2.14. The third-order valence-electron chi connectivity index (χ3n) is 4.02. The minimum atomic E-state index is -0.110. The van der Waals surface area contributed by atoms with Crippen LogP contribution in [-0.2, 0) is 4.79 Å². The van der Waals surface area contributed by atoms with Gasteiger partial charge in [-0.25, -0.2) is 4.98 Å². The molecule has 0 saturated heterocycles. The highest BCUT2D eigenvalue weighted by atomic mass is 32.2. The predicted molar refractivity (Wildman–Crippen MR) is 111 cm³/mol. The first-order valence-corrected chi connectivity index (χ1v) is 9.68. The Balaban J connectivity index is 1.40. The van der Waals surface area contributed by atoms with Crippen molar-refractivity contribution in [1.82, 2.24) is 20.2 Å². The number of amides is 1. The Morgan fingerprint density at radius 3 is 2.57 bits per heavy atom. The molecule has 0 bridgehead atoms. The summed E-state index contributed by atoms with van der Waals surface area (Å²) in [6.07, 6.45) is 3.41. The quantitative estimate of drug-likeness (QED) is 0.483. The van der Waals surface area contributed by atoms with Crippen LogP contribution in [0.4, 0.5) is 5.69 Å². The number of pyridine rings is 1. The van der Waals surface area contributed by atoms with Gasteiger partial charge in [-0.3, -0.25) is 14.9 Å². The van der Waals surface area contributed by atoms with Gasteiger partial charge in [0.25, 0.3) is 0 Å². The smallest absolute Gasteiger partial charge is 0.234 e. The average Bonchev–Trinajstić information content (AvgIpc) is 3.23. The molecule has 4 rings (SSSR count). The monoisotopic (exact) mass is 387 g/mol. The fourth-order valence-electron chi connectivity index (χ4n) is 2.72. The molecule has 28 heavy (non-hydrogen) atoms. The molecule has 4 aromatic rings. The number of anilines is 1. The third kappa shape index (κ3) is 4.27. The standard InChI is InChI=1S/C21H17N5OS/c27-19(14-28-21-24-20(25-26-21)16-9-6-12-22-13-16)23-18-11-5-4-10-17(18)15-7-2-1-3-8-15/h1-13H,14H2,(H,23,27)(H,24,25,26). The van der Waals surface area contributed by atoms with Gasteiger partial charge in [-0.1, -0.05) is 60.3 Å². The van der Waals surface area contributed by atoms with Gasteiger partial charge in [0.15, 0.2) is 5.82 Å². The van der Waals surface area contributed by atoms with Crippen LogP contribution in [0.1, 0.15) is 0 Å². The van der Waals surface area contributed by atoms with Gasteiger partial charge in [-0.2, -0.15) is 0 Å². The summed E-state index contributed by atoms with van der Waals surface area (Å²) in [4.78, 5) is 20.9. The van der Waals surface area contributed by atoms with Gasteiger partial charge in [-0.05, 0) is 23.8 Å². The molecular weight excluding hydrogens is 370 g/mol. The second-order valence-electron chi connectivity index (χ2n) is 5.96. The lowest BCUT2D eigenvalue weighted by molar-refractivity contribution is -0.113. The summed E-state index contributed by atoms with van der Waals surface area (Å²) in [5.74, 6) is 0.736. The van der Waals surface area contributed by atoms with Crippen molar-refractivity contribution >= 4 is 23.4 Å². The molecule has 0 atom stereocenters. The van der Waals surface area contributed by atoms with Crippen molar-refractivity contribution in [3.8, 4) is 22.5 Å². The molecule has 1 amide bonds. The number of H-pyrrole nitrogens is 1. The van der Waals surface area contributed by atoms with Gasteiger partial charge >= 0.3 is 0 Å². The summed E-state index contributed by atoms with van der Waals surface area (Å²) in [5.41, 5.74) is 3.67. The summed E-state index contributed by atoms with van der Waals surface area (Å²) in [6.45, 7) is 0. The van der Waals surface area contributed by atoms with E-state index < -0.39 is 0 Å². The molecule has 2 N–H and O–H groups in total. The van der Waals surface area contributed by atoms with E-state index in [1.165, 1.54) is 11.8 Å². The zero-order chi connectivity index (χ0) is 19.2. The van der Waals surface area contributed by atoms with E-state index in [2.05, 4.69) is 25.5 Å². The van der Waals surface area contributed by atoms with Gasteiger partial charge in [0, 0.05) is 29.2 Å². The van der Waals surface area contributed by atoms with E-state index in [1.807, 2.05) is 66.7 Å². The van der Waals surface area contributed by atoms with E-state index in [-0.39, 0.29) is 11.7 Å². The first-order chi connectivity index (χ1) is 13.8. The van der Waals surface area contributed by atoms with E-state index in [9.17, 15) is 4.79 Å². The van der Waals surface area contributed by atoms with Gasteiger partial charge in [0.05, 0.1) is 5.75 Å². The summed E-state index contributed by atoms with van der Waals surface area (Å²) in [5, 5.41) is 10.5. The fraction of sp³-hybridized carbons (Fsp3) is 0.0476. The van der Waals surface area contributed by atoms with Crippen LogP contribution < -0.4 is 5.32 Å². The van der Waals surface area contributed by atoms with Gasteiger partial charge < -0.3 is 5.32 Å². The van der Waals surface area contributed by atoms with Crippen LogP contribution in [0, 0.1) is 0 Å². The number of carbonyl (C=O) groups is 1. The van der Waals surface area contributed by atoms with Crippen molar-refractivity contribution in [2.45, 2.75) is 5.16 Å². The molecule has 2 aromatic heterocycles. The molecule has 0 aliphatic carbocycles. The number of aromatic nitrogens is 4. The van der Waals surface area contributed by atoms with E-state index in [0.29, 0.717) is 11.0 Å². The highest BCUT2D eigenvalue weighted by Gasteiger charge is 2.11. The van der Waals surface area contributed by atoms with Crippen LogP contribution in [0.15, 0.2) is 84.3 Å². The third-order valence-corrected chi connectivity index (χ3v) is 4.87. The summed E-state index contributed by atoms with van der Waals surface area (Å²) >= 11 is 1.28. The molecule has 0 saturated carbocycles. The summed E-state index contributed by atoms with van der Waals surface area (Å²) < 4.78 is 0. The molecule has 2 heterocycles. The second-order valence-corrected chi connectivity index (χ2v) is 6.90.